The molecule has 0 amide bonds. The molecule has 1 saturated carbocycles. The Labute approximate surface area is 113 Å². The second kappa shape index (κ2) is 8.16. The summed E-state index contributed by atoms with van der Waals surface area (Å²) in [7, 11) is 0. The van der Waals surface area contributed by atoms with Gasteiger partial charge in [-0.1, -0.05) is 39.0 Å². The van der Waals surface area contributed by atoms with Crippen LogP contribution in [0.1, 0.15) is 71.1 Å². The van der Waals surface area contributed by atoms with Crippen molar-refractivity contribution in [3.8, 4) is 0 Å². The quantitative estimate of drug-likeness (QED) is 0.678. The van der Waals surface area contributed by atoms with Gasteiger partial charge in [-0.25, -0.2) is 0 Å². The third-order valence-electron chi connectivity index (χ3n) is 4.87. The highest BCUT2D eigenvalue weighted by Crippen LogP contribution is 2.30. The molecular weight excluding hydrogens is 220 g/mol. The van der Waals surface area contributed by atoms with Gasteiger partial charge in [-0.2, -0.15) is 0 Å². The van der Waals surface area contributed by atoms with Crippen LogP contribution in [-0.4, -0.2) is 25.2 Å². The van der Waals surface area contributed by atoms with E-state index in [-0.39, 0.29) is 0 Å². The maximum Gasteiger partial charge on any atom is 0.0111 e. The molecule has 0 spiro atoms. The van der Waals surface area contributed by atoms with Crippen molar-refractivity contribution in [3.63, 3.8) is 0 Å². The third-order valence-corrected chi connectivity index (χ3v) is 4.87. The lowest BCUT2D eigenvalue weighted by molar-refractivity contribution is 0.214. The molecule has 0 aromatic carbocycles. The van der Waals surface area contributed by atoms with E-state index >= 15 is 0 Å². The summed E-state index contributed by atoms with van der Waals surface area (Å²) in [5.41, 5.74) is 0. The minimum atomic E-state index is 0.802. The second-order valence-electron chi connectivity index (χ2n) is 6.27. The number of rotatable bonds is 7. The van der Waals surface area contributed by atoms with Gasteiger partial charge in [0, 0.05) is 12.1 Å². The first-order chi connectivity index (χ1) is 8.92. The molecule has 106 valence electrons. The van der Waals surface area contributed by atoms with Crippen LogP contribution in [0.2, 0.25) is 0 Å². The Balaban J connectivity index is 1.69. The van der Waals surface area contributed by atoms with E-state index in [4.69, 9.17) is 0 Å². The molecule has 3 atom stereocenters. The molecule has 3 unspecified atom stereocenters. The molecule has 2 heteroatoms. The lowest BCUT2D eigenvalue weighted by atomic mass is 9.79. The highest BCUT2D eigenvalue weighted by Gasteiger charge is 2.32. The van der Waals surface area contributed by atoms with Crippen molar-refractivity contribution in [2.45, 2.75) is 83.2 Å². The molecule has 2 nitrogen and oxygen atoms in total. The van der Waals surface area contributed by atoms with Gasteiger partial charge in [0.15, 0.2) is 0 Å². The number of hydrogen-bond acceptors (Lipinski definition) is 2. The summed E-state index contributed by atoms with van der Waals surface area (Å²) >= 11 is 0. The van der Waals surface area contributed by atoms with Crippen LogP contribution in [0.25, 0.3) is 0 Å². The monoisotopic (exact) mass is 252 g/mol. The molecule has 18 heavy (non-hydrogen) atoms. The van der Waals surface area contributed by atoms with Gasteiger partial charge >= 0.3 is 0 Å². The number of unbranched alkanes of at least 4 members (excludes halogenated alkanes) is 3. The Morgan fingerprint density at radius 2 is 1.89 bits per heavy atom. The van der Waals surface area contributed by atoms with Crippen LogP contribution < -0.4 is 10.6 Å². The molecule has 1 heterocycles. The predicted molar refractivity (Wildman–Crippen MR) is 78.9 cm³/mol. The Kier molecular flexibility index (Phi) is 6.50. The van der Waals surface area contributed by atoms with Crippen LogP contribution in [-0.2, 0) is 0 Å². The summed E-state index contributed by atoms with van der Waals surface area (Å²) in [5, 5.41) is 7.59. The predicted octanol–water partition coefficient (Wildman–Crippen LogP) is 3.47. The fourth-order valence-electron chi connectivity index (χ4n) is 3.81. The molecule has 0 aromatic heterocycles. The molecule has 2 rings (SSSR count). The normalized spacial score (nSPS) is 32.8. The maximum atomic E-state index is 3.87. The summed E-state index contributed by atoms with van der Waals surface area (Å²) in [5.74, 6) is 0.910. The Hall–Kier alpha value is -0.0800. The molecular formula is C16H32N2. The Bertz CT molecular complexity index is 211. The van der Waals surface area contributed by atoms with Gasteiger partial charge < -0.3 is 10.6 Å². The molecule has 0 radical (unpaired) electrons. The molecule has 2 N–H and O–H groups in total. The first-order valence-electron chi connectivity index (χ1n) is 8.38. The highest BCUT2D eigenvalue weighted by molar-refractivity contribution is 4.91. The van der Waals surface area contributed by atoms with E-state index < -0.39 is 0 Å². The summed E-state index contributed by atoms with van der Waals surface area (Å²) in [6.45, 7) is 4.79. The van der Waals surface area contributed by atoms with Crippen molar-refractivity contribution in [1.82, 2.24) is 10.6 Å². The zero-order valence-corrected chi connectivity index (χ0v) is 12.2. The smallest absolute Gasteiger partial charge is 0.0111 e. The van der Waals surface area contributed by atoms with E-state index in [1.165, 1.54) is 77.3 Å². The van der Waals surface area contributed by atoms with Crippen molar-refractivity contribution in [2.75, 3.05) is 13.1 Å². The number of nitrogens with one attached hydrogen (secondary N) is 2. The Morgan fingerprint density at radius 1 is 1.00 bits per heavy atom. The summed E-state index contributed by atoms with van der Waals surface area (Å²) in [6.07, 6.45) is 14.1. The van der Waals surface area contributed by atoms with Gasteiger partial charge in [0.1, 0.15) is 0 Å². The highest BCUT2D eigenvalue weighted by atomic mass is 15.0. The van der Waals surface area contributed by atoms with Crippen molar-refractivity contribution in [1.29, 1.82) is 0 Å². The summed E-state index contributed by atoms with van der Waals surface area (Å²) in [6, 6.07) is 1.62. The third kappa shape index (κ3) is 4.24. The van der Waals surface area contributed by atoms with Gasteiger partial charge in [0.2, 0.25) is 0 Å². The summed E-state index contributed by atoms with van der Waals surface area (Å²) in [4.78, 5) is 0. The van der Waals surface area contributed by atoms with Gasteiger partial charge in [-0.05, 0) is 51.1 Å². The van der Waals surface area contributed by atoms with Crippen molar-refractivity contribution < 1.29 is 0 Å². The van der Waals surface area contributed by atoms with Gasteiger partial charge in [-0.15, -0.1) is 0 Å². The molecule has 2 fully saturated rings. The summed E-state index contributed by atoms with van der Waals surface area (Å²) < 4.78 is 0. The van der Waals surface area contributed by atoms with Crippen molar-refractivity contribution in [2.24, 2.45) is 5.92 Å². The van der Waals surface area contributed by atoms with Gasteiger partial charge in [-0.3, -0.25) is 0 Å². The zero-order chi connectivity index (χ0) is 12.6. The minimum Gasteiger partial charge on any atom is -0.314 e. The van der Waals surface area contributed by atoms with Crippen molar-refractivity contribution in [3.05, 3.63) is 0 Å². The topological polar surface area (TPSA) is 24.1 Å². The van der Waals surface area contributed by atoms with Gasteiger partial charge in [0.25, 0.3) is 0 Å². The van der Waals surface area contributed by atoms with E-state index in [0.717, 1.165) is 18.0 Å². The van der Waals surface area contributed by atoms with E-state index in [1.807, 2.05) is 0 Å². The van der Waals surface area contributed by atoms with Crippen LogP contribution in [0.5, 0.6) is 0 Å². The lowest BCUT2D eigenvalue weighted by Gasteiger charge is -2.36. The van der Waals surface area contributed by atoms with E-state index in [2.05, 4.69) is 17.6 Å². The van der Waals surface area contributed by atoms with Crippen LogP contribution in [0.3, 0.4) is 0 Å². The van der Waals surface area contributed by atoms with Gasteiger partial charge in [0.05, 0.1) is 0 Å². The van der Waals surface area contributed by atoms with E-state index in [0.29, 0.717) is 0 Å². The largest absolute Gasteiger partial charge is 0.314 e. The Morgan fingerprint density at radius 3 is 2.67 bits per heavy atom. The molecule has 1 aliphatic carbocycles. The first-order valence-corrected chi connectivity index (χ1v) is 8.38. The SMILES string of the molecule is CCCCCCNC1CCCCC1C1CCCN1. The maximum absolute atomic E-state index is 3.87. The molecule has 0 bridgehead atoms. The molecule has 1 aliphatic heterocycles. The van der Waals surface area contributed by atoms with Crippen LogP contribution in [0.4, 0.5) is 0 Å². The molecule has 1 saturated heterocycles. The molecule has 2 aliphatic rings. The second-order valence-corrected chi connectivity index (χ2v) is 6.27. The van der Waals surface area contributed by atoms with E-state index in [9.17, 15) is 0 Å². The van der Waals surface area contributed by atoms with Crippen LogP contribution in [0, 0.1) is 5.92 Å². The van der Waals surface area contributed by atoms with Crippen LogP contribution in [0.15, 0.2) is 0 Å². The fraction of sp³-hybridized carbons (Fsp3) is 1.00. The lowest BCUT2D eigenvalue weighted by Crippen LogP contribution is -2.47. The minimum absolute atomic E-state index is 0.802. The first kappa shape index (κ1) is 14.3. The van der Waals surface area contributed by atoms with E-state index in [1.54, 1.807) is 0 Å². The average molecular weight is 252 g/mol. The molecule has 0 aromatic rings. The zero-order valence-electron chi connectivity index (χ0n) is 12.2. The van der Waals surface area contributed by atoms with Crippen LogP contribution >= 0.6 is 0 Å². The number of hydrogen-bond donors (Lipinski definition) is 2. The van der Waals surface area contributed by atoms with Crippen molar-refractivity contribution >= 4 is 0 Å². The fourth-order valence-corrected chi connectivity index (χ4v) is 3.81. The standard InChI is InChI=1S/C16H32N2/c1-2-3-4-7-12-17-15-10-6-5-9-14(15)16-11-8-13-18-16/h14-18H,2-13H2,1H3. The average Bonchev–Trinajstić information content (AvgIpc) is 2.93.